The lowest BCUT2D eigenvalue weighted by Crippen LogP contribution is -2.50. The normalized spacial score (nSPS) is 17.0. The van der Waals surface area contributed by atoms with Crippen molar-refractivity contribution in [3.05, 3.63) is 76.3 Å². The number of benzene rings is 3. The number of hydrogen-bond acceptors (Lipinski definition) is 6. The number of nitro groups is 1. The first kappa shape index (κ1) is 22.3. The lowest BCUT2D eigenvalue weighted by molar-refractivity contribution is -0.384. The number of anilines is 1. The van der Waals surface area contributed by atoms with E-state index in [9.17, 15) is 23.3 Å². The summed E-state index contributed by atoms with van der Waals surface area (Å²) in [6, 6.07) is 17.3. The maximum absolute atomic E-state index is 13.2. The van der Waals surface area contributed by atoms with Crippen LogP contribution in [0.5, 0.6) is 0 Å². The molecule has 0 spiro atoms. The van der Waals surface area contributed by atoms with Gasteiger partial charge in [0.1, 0.15) is 5.69 Å². The summed E-state index contributed by atoms with van der Waals surface area (Å²) in [5.74, 6) is -0.344. The maximum Gasteiger partial charge on any atom is 0.293 e. The summed E-state index contributed by atoms with van der Waals surface area (Å²) in [5.41, 5.74) is 0.504. The fraction of sp³-hybridized carbons (Fsp3) is 0.292. The van der Waals surface area contributed by atoms with Crippen LogP contribution in [0.25, 0.3) is 10.8 Å². The van der Waals surface area contributed by atoms with Gasteiger partial charge in [-0.15, -0.1) is 0 Å². The zero-order valence-electron chi connectivity index (χ0n) is 18.4. The zero-order chi connectivity index (χ0) is 23.9. The predicted octanol–water partition coefficient (Wildman–Crippen LogP) is 3.47. The number of nitrogens with zero attached hydrogens (tertiary/aromatic N) is 3. The highest BCUT2D eigenvalue weighted by molar-refractivity contribution is 7.89. The molecule has 1 aliphatic heterocycles. The van der Waals surface area contributed by atoms with E-state index in [-0.39, 0.29) is 54.3 Å². The molecular formula is C24H24N4O5S. The highest BCUT2D eigenvalue weighted by atomic mass is 32.2. The first-order chi connectivity index (χ1) is 16.3. The third-order valence-electron chi connectivity index (χ3n) is 6.26. The fourth-order valence-corrected chi connectivity index (χ4v) is 5.63. The molecule has 3 aromatic carbocycles. The fourth-order valence-electron chi connectivity index (χ4n) is 4.18. The molecule has 2 fully saturated rings. The van der Waals surface area contributed by atoms with Crippen molar-refractivity contribution in [3.8, 4) is 0 Å². The molecular weight excluding hydrogens is 456 g/mol. The van der Waals surface area contributed by atoms with Crippen LogP contribution in [0.1, 0.15) is 23.2 Å². The van der Waals surface area contributed by atoms with E-state index in [0.29, 0.717) is 5.69 Å². The molecule has 0 aromatic heterocycles. The molecule has 176 valence electrons. The van der Waals surface area contributed by atoms with Crippen LogP contribution in [0.3, 0.4) is 0 Å². The summed E-state index contributed by atoms with van der Waals surface area (Å²) >= 11 is 0. The molecule has 1 amide bonds. The van der Waals surface area contributed by atoms with E-state index in [1.165, 1.54) is 10.4 Å². The number of carbonyl (C=O) groups is 1. The van der Waals surface area contributed by atoms with Crippen molar-refractivity contribution < 1.29 is 18.1 Å². The van der Waals surface area contributed by atoms with Gasteiger partial charge in [0.15, 0.2) is 0 Å². The average Bonchev–Trinajstić information content (AvgIpc) is 3.67. The minimum atomic E-state index is -3.70. The maximum atomic E-state index is 13.2. The first-order valence-corrected chi connectivity index (χ1v) is 12.6. The lowest BCUT2D eigenvalue weighted by atomic mass is 10.1. The van der Waals surface area contributed by atoms with Crippen LogP contribution < -0.4 is 5.32 Å². The van der Waals surface area contributed by atoms with Crippen molar-refractivity contribution in [1.82, 2.24) is 9.21 Å². The molecule has 0 bridgehead atoms. The van der Waals surface area contributed by atoms with Gasteiger partial charge in [-0.2, -0.15) is 4.31 Å². The summed E-state index contributed by atoms with van der Waals surface area (Å²) in [4.78, 5) is 25.8. The molecule has 9 nitrogen and oxygen atoms in total. The average molecular weight is 481 g/mol. The smallest absolute Gasteiger partial charge is 0.293 e. The highest BCUT2D eigenvalue weighted by Gasteiger charge is 2.32. The van der Waals surface area contributed by atoms with E-state index < -0.39 is 14.9 Å². The van der Waals surface area contributed by atoms with E-state index in [4.69, 9.17) is 0 Å². The molecule has 1 saturated carbocycles. The Kier molecular flexibility index (Phi) is 5.70. The Morgan fingerprint density at radius 2 is 1.65 bits per heavy atom. The Labute approximate surface area is 197 Å². The zero-order valence-corrected chi connectivity index (χ0v) is 19.2. The molecule has 34 heavy (non-hydrogen) atoms. The number of amides is 1. The van der Waals surface area contributed by atoms with E-state index in [2.05, 4.69) is 5.32 Å². The van der Waals surface area contributed by atoms with Crippen molar-refractivity contribution >= 4 is 38.1 Å². The Bertz CT molecular complexity index is 1380. The van der Waals surface area contributed by atoms with Crippen molar-refractivity contribution in [1.29, 1.82) is 0 Å². The number of piperazine rings is 1. The monoisotopic (exact) mass is 480 g/mol. The third-order valence-corrected chi connectivity index (χ3v) is 8.16. The molecule has 1 N–H and O–H groups in total. The van der Waals surface area contributed by atoms with Crippen molar-refractivity contribution in [2.45, 2.75) is 23.8 Å². The van der Waals surface area contributed by atoms with Gasteiger partial charge in [0.2, 0.25) is 10.0 Å². The van der Waals surface area contributed by atoms with Crippen LogP contribution in [-0.4, -0.2) is 60.7 Å². The number of nitro benzene ring substituents is 1. The van der Waals surface area contributed by atoms with Crippen LogP contribution in [-0.2, 0) is 10.0 Å². The van der Waals surface area contributed by atoms with Gasteiger partial charge in [0, 0.05) is 43.9 Å². The van der Waals surface area contributed by atoms with E-state index in [1.807, 2.05) is 24.3 Å². The minimum absolute atomic E-state index is 0.129. The van der Waals surface area contributed by atoms with Crippen LogP contribution in [0.2, 0.25) is 0 Å². The molecule has 0 atom stereocenters. The number of hydrogen-bond donors (Lipinski definition) is 1. The SMILES string of the molecule is O=C(c1ccc(NC2CC2)c([N+](=O)[O-])c1)N1CCN(S(=O)(=O)c2ccc3ccccc3c2)CC1. The molecule has 10 heteroatoms. The van der Waals surface area contributed by atoms with Crippen molar-refractivity contribution in [2.75, 3.05) is 31.5 Å². The summed E-state index contributed by atoms with van der Waals surface area (Å²) in [5, 5.41) is 16.4. The molecule has 0 unspecified atom stereocenters. The van der Waals surface area contributed by atoms with Crippen LogP contribution in [0, 0.1) is 10.1 Å². The second-order valence-electron chi connectivity index (χ2n) is 8.61. The van der Waals surface area contributed by atoms with Gasteiger partial charge in [0.05, 0.1) is 9.82 Å². The van der Waals surface area contributed by atoms with E-state index >= 15 is 0 Å². The van der Waals surface area contributed by atoms with Gasteiger partial charge in [-0.25, -0.2) is 8.42 Å². The molecule has 5 rings (SSSR count). The quantitative estimate of drug-likeness (QED) is 0.427. The van der Waals surface area contributed by atoms with Crippen molar-refractivity contribution in [2.24, 2.45) is 0 Å². The molecule has 1 saturated heterocycles. The summed E-state index contributed by atoms with van der Waals surface area (Å²) in [7, 11) is -3.70. The second-order valence-corrected chi connectivity index (χ2v) is 10.6. The third kappa shape index (κ3) is 4.34. The summed E-state index contributed by atoms with van der Waals surface area (Å²) < 4.78 is 27.7. The summed E-state index contributed by atoms with van der Waals surface area (Å²) in [6.07, 6.45) is 1.95. The van der Waals surface area contributed by atoms with Crippen LogP contribution in [0.15, 0.2) is 65.6 Å². The molecule has 1 aliphatic carbocycles. The topological polar surface area (TPSA) is 113 Å². The number of nitrogens with one attached hydrogen (secondary N) is 1. The molecule has 1 heterocycles. The number of carbonyl (C=O) groups excluding carboxylic acids is 1. The second kappa shape index (κ2) is 8.69. The van der Waals surface area contributed by atoms with Gasteiger partial charge < -0.3 is 10.2 Å². The van der Waals surface area contributed by atoms with Gasteiger partial charge in [-0.05, 0) is 47.9 Å². The predicted molar refractivity (Wildman–Crippen MR) is 128 cm³/mol. The van der Waals surface area contributed by atoms with Gasteiger partial charge in [-0.1, -0.05) is 30.3 Å². The number of rotatable bonds is 6. The van der Waals surface area contributed by atoms with Crippen molar-refractivity contribution in [3.63, 3.8) is 0 Å². The first-order valence-electron chi connectivity index (χ1n) is 11.2. The molecule has 3 aromatic rings. The number of sulfonamides is 1. The largest absolute Gasteiger partial charge is 0.377 e. The minimum Gasteiger partial charge on any atom is -0.377 e. The molecule has 0 radical (unpaired) electrons. The van der Waals surface area contributed by atoms with Crippen LogP contribution in [0.4, 0.5) is 11.4 Å². The summed E-state index contributed by atoms with van der Waals surface area (Å²) in [6.45, 7) is 0.734. The van der Waals surface area contributed by atoms with Gasteiger partial charge in [-0.3, -0.25) is 14.9 Å². The Morgan fingerprint density at radius 3 is 2.32 bits per heavy atom. The molecule has 2 aliphatic rings. The lowest BCUT2D eigenvalue weighted by Gasteiger charge is -2.34. The van der Waals surface area contributed by atoms with E-state index in [1.54, 1.807) is 35.2 Å². The Morgan fingerprint density at radius 1 is 0.941 bits per heavy atom. The highest BCUT2D eigenvalue weighted by Crippen LogP contribution is 2.32. The number of fused-ring (bicyclic) bond motifs is 1. The van der Waals surface area contributed by atoms with Gasteiger partial charge in [0.25, 0.3) is 11.6 Å². The van der Waals surface area contributed by atoms with Gasteiger partial charge >= 0.3 is 0 Å². The Balaban J connectivity index is 1.29. The standard InChI is InChI=1S/C24H24N4O5S/c29-24(19-6-10-22(25-20-7-8-20)23(16-19)28(30)31)26-11-13-27(14-12-26)34(32,33)21-9-5-17-3-1-2-4-18(17)15-21/h1-6,9-10,15-16,20,25H,7-8,11-14H2. The Hall–Kier alpha value is -3.50. The van der Waals surface area contributed by atoms with Crippen LogP contribution >= 0.6 is 0 Å². The van der Waals surface area contributed by atoms with E-state index in [0.717, 1.165) is 23.6 Å².